The van der Waals surface area contributed by atoms with Gasteiger partial charge in [-0.3, -0.25) is 13.9 Å². The van der Waals surface area contributed by atoms with Gasteiger partial charge in [0.2, 0.25) is 21.8 Å². The van der Waals surface area contributed by atoms with Crippen LogP contribution in [0.4, 0.5) is 5.69 Å². The molecule has 2 amide bonds. The number of nitrogens with one attached hydrogen (secondary N) is 1. The molecule has 0 unspecified atom stereocenters. The third-order valence-corrected chi connectivity index (χ3v) is 8.61. The Balaban J connectivity index is 2.05. The van der Waals surface area contributed by atoms with Crippen LogP contribution in [0, 0.1) is 12.8 Å². The van der Waals surface area contributed by atoms with Crippen LogP contribution in [0.2, 0.25) is 5.02 Å². The molecule has 0 saturated heterocycles. The molecule has 214 valence electrons. The van der Waals surface area contributed by atoms with E-state index in [1.807, 2.05) is 51.1 Å². The summed E-state index contributed by atoms with van der Waals surface area (Å²) in [5, 5.41) is 3.52. The van der Waals surface area contributed by atoms with Gasteiger partial charge in [0.25, 0.3) is 0 Å². The van der Waals surface area contributed by atoms with Crippen molar-refractivity contribution in [3.05, 3.63) is 99.0 Å². The molecule has 10 heteroatoms. The highest BCUT2D eigenvalue weighted by Gasteiger charge is 2.33. The van der Waals surface area contributed by atoms with E-state index in [-0.39, 0.29) is 24.8 Å². The Morgan fingerprint density at radius 1 is 0.975 bits per heavy atom. The van der Waals surface area contributed by atoms with Gasteiger partial charge in [-0.05, 0) is 59.9 Å². The van der Waals surface area contributed by atoms with Gasteiger partial charge in [0.1, 0.15) is 12.6 Å². The molecule has 0 bridgehead atoms. The molecule has 0 heterocycles. The smallest absolute Gasteiger partial charge is 0.244 e. The molecular weight excluding hydrogens is 614 g/mol. The molecule has 1 atom stereocenters. The number of nitrogens with zero attached hydrogens (tertiary/aromatic N) is 2. The number of hydrogen-bond donors (Lipinski definition) is 1. The number of carbonyl (C=O) groups is 2. The number of hydrogen-bond acceptors (Lipinski definition) is 4. The van der Waals surface area contributed by atoms with Gasteiger partial charge in [0.05, 0.1) is 11.9 Å². The van der Waals surface area contributed by atoms with E-state index in [2.05, 4.69) is 21.2 Å². The fourth-order valence-corrected chi connectivity index (χ4v) is 5.37. The fourth-order valence-electron chi connectivity index (χ4n) is 4.16. The number of halogens is 2. The summed E-state index contributed by atoms with van der Waals surface area (Å²) < 4.78 is 27.7. The first-order valence-corrected chi connectivity index (χ1v) is 16.0. The summed E-state index contributed by atoms with van der Waals surface area (Å²) in [7, 11) is -3.83. The second-order valence-corrected chi connectivity index (χ2v) is 13.4. The SMILES string of the molecule is Cc1cc(N(CC(=O)N(Cc2ccc(Cl)cc2)[C@H](Cc2ccccc2)C(=O)NCC(C)C)S(C)(=O)=O)ccc1Br. The van der Waals surface area contributed by atoms with E-state index in [4.69, 9.17) is 11.6 Å². The molecule has 0 aromatic heterocycles. The average molecular weight is 649 g/mol. The van der Waals surface area contributed by atoms with E-state index in [9.17, 15) is 18.0 Å². The zero-order valence-electron chi connectivity index (χ0n) is 23.1. The lowest BCUT2D eigenvalue weighted by Crippen LogP contribution is -2.53. The van der Waals surface area contributed by atoms with E-state index >= 15 is 0 Å². The number of anilines is 1. The number of sulfonamides is 1. The van der Waals surface area contributed by atoms with Crippen molar-refractivity contribution in [2.24, 2.45) is 5.92 Å². The van der Waals surface area contributed by atoms with Crippen LogP contribution < -0.4 is 9.62 Å². The Morgan fingerprint density at radius 2 is 1.62 bits per heavy atom. The second kappa shape index (κ2) is 14.1. The molecule has 0 aliphatic carbocycles. The summed E-state index contributed by atoms with van der Waals surface area (Å²) >= 11 is 9.53. The van der Waals surface area contributed by atoms with E-state index in [1.54, 1.807) is 42.5 Å². The summed E-state index contributed by atoms with van der Waals surface area (Å²) in [4.78, 5) is 29.2. The predicted molar refractivity (Wildman–Crippen MR) is 165 cm³/mol. The fraction of sp³-hybridized carbons (Fsp3) is 0.333. The molecule has 3 aromatic rings. The Hall–Kier alpha value is -2.88. The Bertz CT molecular complexity index is 1420. The van der Waals surface area contributed by atoms with E-state index < -0.39 is 28.5 Å². The molecule has 3 aromatic carbocycles. The van der Waals surface area contributed by atoms with Crippen molar-refractivity contribution in [3.63, 3.8) is 0 Å². The van der Waals surface area contributed by atoms with Crippen molar-refractivity contribution in [1.29, 1.82) is 0 Å². The van der Waals surface area contributed by atoms with Gasteiger partial charge in [-0.1, -0.05) is 83.8 Å². The van der Waals surface area contributed by atoms with E-state index in [0.717, 1.165) is 31.7 Å². The lowest BCUT2D eigenvalue weighted by atomic mass is 10.0. The lowest BCUT2D eigenvalue weighted by molar-refractivity contribution is -0.140. The van der Waals surface area contributed by atoms with Gasteiger partial charge >= 0.3 is 0 Å². The standard InChI is InChI=1S/C30H35BrClN3O4S/c1-21(2)18-33-30(37)28(17-23-8-6-5-7-9-23)34(19-24-10-12-25(32)13-11-24)29(36)20-35(40(4,38)39)26-14-15-27(31)22(3)16-26/h5-16,21,28H,17-20H2,1-4H3,(H,33,37)/t28-/m1/s1. The van der Waals surface area contributed by atoms with Crippen LogP contribution in [-0.2, 0) is 32.6 Å². The van der Waals surface area contributed by atoms with Crippen LogP contribution in [0.5, 0.6) is 0 Å². The summed E-state index contributed by atoms with van der Waals surface area (Å²) in [6, 6.07) is 20.7. The summed E-state index contributed by atoms with van der Waals surface area (Å²) in [5.74, 6) is -0.588. The first kappa shape index (κ1) is 31.6. The van der Waals surface area contributed by atoms with Crippen LogP contribution in [0.3, 0.4) is 0 Å². The van der Waals surface area contributed by atoms with Crippen molar-refractivity contribution >= 4 is 55.1 Å². The van der Waals surface area contributed by atoms with Gasteiger partial charge in [0, 0.05) is 29.0 Å². The molecule has 0 spiro atoms. The van der Waals surface area contributed by atoms with E-state index in [0.29, 0.717) is 17.3 Å². The normalized spacial score (nSPS) is 12.2. The first-order chi connectivity index (χ1) is 18.8. The Labute approximate surface area is 250 Å². The molecular formula is C30H35BrClN3O4S. The van der Waals surface area contributed by atoms with E-state index in [1.165, 1.54) is 4.90 Å². The highest BCUT2D eigenvalue weighted by atomic mass is 79.9. The van der Waals surface area contributed by atoms with Gasteiger partial charge in [-0.15, -0.1) is 0 Å². The molecule has 1 N–H and O–H groups in total. The highest BCUT2D eigenvalue weighted by Crippen LogP contribution is 2.25. The molecule has 0 aliphatic rings. The third kappa shape index (κ3) is 9.08. The van der Waals surface area contributed by atoms with Gasteiger partial charge in [0.15, 0.2) is 0 Å². The zero-order chi connectivity index (χ0) is 29.4. The van der Waals surface area contributed by atoms with Crippen molar-refractivity contribution in [1.82, 2.24) is 10.2 Å². The average Bonchev–Trinajstić information content (AvgIpc) is 2.90. The number of aryl methyl sites for hydroxylation is 1. The molecule has 3 rings (SSSR count). The quantitative estimate of drug-likeness (QED) is 0.278. The Morgan fingerprint density at radius 3 is 2.20 bits per heavy atom. The summed E-state index contributed by atoms with van der Waals surface area (Å²) in [6.07, 6.45) is 1.33. The maximum Gasteiger partial charge on any atom is 0.244 e. The minimum atomic E-state index is -3.83. The topological polar surface area (TPSA) is 86.8 Å². The molecule has 0 radical (unpaired) electrons. The van der Waals surface area contributed by atoms with Gasteiger partial charge in [-0.2, -0.15) is 0 Å². The van der Waals surface area contributed by atoms with Crippen molar-refractivity contribution < 1.29 is 18.0 Å². The maximum atomic E-state index is 14.1. The maximum absolute atomic E-state index is 14.1. The lowest BCUT2D eigenvalue weighted by Gasteiger charge is -2.33. The number of benzene rings is 3. The van der Waals surface area contributed by atoms with Gasteiger partial charge in [-0.25, -0.2) is 8.42 Å². The molecule has 7 nitrogen and oxygen atoms in total. The Kier molecular flexibility index (Phi) is 11.2. The molecule has 40 heavy (non-hydrogen) atoms. The van der Waals surface area contributed by atoms with Crippen molar-refractivity contribution in [2.45, 2.75) is 39.8 Å². The largest absolute Gasteiger partial charge is 0.354 e. The highest BCUT2D eigenvalue weighted by molar-refractivity contribution is 9.10. The van der Waals surface area contributed by atoms with Crippen LogP contribution in [0.1, 0.15) is 30.5 Å². The molecule has 0 fully saturated rings. The molecule has 0 saturated carbocycles. The number of carbonyl (C=O) groups excluding carboxylic acids is 2. The summed E-state index contributed by atoms with van der Waals surface area (Å²) in [5.41, 5.74) is 2.83. The van der Waals surface area contributed by atoms with Crippen molar-refractivity contribution in [3.8, 4) is 0 Å². The number of rotatable bonds is 12. The summed E-state index contributed by atoms with van der Waals surface area (Å²) in [6.45, 7) is 5.91. The van der Waals surface area contributed by atoms with Crippen molar-refractivity contribution in [2.75, 3.05) is 23.7 Å². The second-order valence-electron chi connectivity index (χ2n) is 10.2. The monoisotopic (exact) mass is 647 g/mol. The van der Waals surface area contributed by atoms with Crippen LogP contribution in [0.15, 0.2) is 77.3 Å². The number of amides is 2. The molecule has 0 aliphatic heterocycles. The van der Waals surface area contributed by atoms with Crippen LogP contribution in [0.25, 0.3) is 0 Å². The first-order valence-electron chi connectivity index (χ1n) is 12.9. The van der Waals surface area contributed by atoms with Crippen LogP contribution in [-0.4, -0.2) is 50.5 Å². The van der Waals surface area contributed by atoms with Gasteiger partial charge < -0.3 is 10.2 Å². The van der Waals surface area contributed by atoms with Crippen LogP contribution >= 0.6 is 27.5 Å². The minimum absolute atomic E-state index is 0.0968. The zero-order valence-corrected chi connectivity index (χ0v) is 26.3. The predicted octanol–water partition coefficient (Wildman–Crippen LogP) is 5.59. The third-order valence-electron chi connectivity index (χ3n) is 6.33. The minimum Gasteiger partial charge on any atom is -0.354 e.